The van der Waals surface area contributed by atoms with Crippen LogP contribution in [-0.2, 0) is 0 Å². The summed E-state index contributed by atoms with van der Waals surface area (Å²) in [7, 11) is 0. The normalized spacial score (nSPS) is 20.6. The summed E-state index contributed by atoms with van der Waals surface area (Å²) in [6.45, 7) is 0.946. The number of fused-ring (bicyclic) bond motifs is 1. The van der Waals surface area contributed by atoms with Gasteiger partial charge in [0.2, 0.25) is 0 Å². The summed E-state index contributed by atoms with van der Waals surface area (Å²) in [5.74, 6) is -0.0331. The number of carbonyl (C=O) groups excluding carboxylic acids is 1. The van der Waals surface area contributed by atoms with Crippen molar-refractivity contribution in [2.24, 2.45) is 0 Å². The van der Waals surface area contributed by atoms with E-state index in [1.807, 2.05) is 42.5 Å². The molecular weight excluding hydrogens is 314 g/mol. The van der Waals surface area contributed by atoms with Gasteiger partial charge in [-0.25, -0.2) is 0 Å². The molecule has 0 saturated carbocycles. The summed E-state index contributed by atoms with van der Waals surface area (Å²) in [5.41, 5.74) is 2.97. The molecule has 3 aromatic rings. The van der Waals surface area contributed by atoms with Crippen molar-refractivity contribution in [3.05, 3.63) is 72.1 Å². The van der Waals surface area contributed by atoms with Crippen molar-refractivity contribution in [3.8, 4) is 0 Å². The zero-order chi connectivity index (χ0) is 17.2. The third-order valence-electron chi connectivity index (χ3n) is 4.83. The van der Waals surface area contributed by atoms with E-state index in [1.54, 1.807) is 23.4 Å². The molecule has 2 heterocycles. The molecule has 1 aliphatic rings. The molecule has 2 atom stereocenters. The lowest BCUT2D eigenvalue weighted by Crippen LogP contribution is -2.45. The van der Waals surface area contributed by atoms with Gasteiger partial charge in [-0.1, -0.05) is 36.4 Å². The van der Waals surface area contributed by atoms with Crippen LogP contribution in [0.5, 0.6) is 0 Å². The molecule has 1 fully saturated rings. The lowest BCUT2D eigenvalue weighted by Gasteiger charge is -2.36. The Hall–Kier alpha value is -2.79. The lowest BCUT2D eigenvalue weighted by molar-refractivity contribution is 0.0383. The number of rotatable bonds is 2. The van der Waals surface area contributed by atoms with Gasteiger partial charge in [0.25, 0.3) is 5.91 Å². The first-order valence-electron chi connectivity index (χ1n) is 8.46. The van der Waals surface area contributed by atoms with E-state index in [1.165, 1.54) is 0 Å². The van der Waals surface area contributed by atoms with Crippen molar-refractivity contribution in [3.63, 3.8) is 0 Å². The van der Waals surface area contributed by atoms with E-state index in [-0.39, 0.29) is 11.8 Å². The zero-order valence-corrected chi connectivity index (χ0v) is 13.7. The van der Waals surface area contributed by atoms with Crippen LogP contribution in [0.15, 0.2) is 60.9 Å². The molecular formula is C20H19N3O2. The van der Waals surface area contributed by atoms with Gasteiger partial charge in [0.1, 0.15) is 5.52 Å². The van der Waals surface area contributed by atoms with Crippen molar-refractivity contribution >= 4 is 16.9 Å². The smallest absolute Gasteiger partial charge is 0.256 e. The third kappa shape index (κ3) is 2.98. The number of amides is 1. The van der Waals surface area contributed by atoms with Crippen molar-refractivity contribution < 1.29 is 9.90 Å². The maximum Gasteiger partial charge on any atom is 0.256 e. The number of hydrogen-bond acceptors (Lipinski definition) is 4. The van der Waals surface area contributed by atoms with Gasteiger partial charge in [0.05, 0.1) is 17.2 Å². The molecule has 5 heteroatoms. The first-order valence-corrected chi connectivity index (χ1v) is 8.46. The molecule has 0 spiro atoms. The van der Waals surface area contributed by atoms with E-state index in [0.717, 1.165) is 12.0 Å². The molecule has 2 aromatic carbocycles. The topological polar surface area (TPSA) is 66.3 Å². The Labute approximate surface area is 146 Å². The molecule has 0 unspecified atom stereocenters. The van der Waals surface area contributed by atoms with Crippen LogP contribution in [0, 0.1) is 0 Å². The molecule has 1 N–H and O–H groups in total. The predicted molar refractivity (Wildman–Crippen MR) is 95.2 cm³/mol. The summed E-state index contributed by atoms with van der Waals surface area (Å²) in [5, 5.41) is 10.6. The van der Waals surface area contributed by atoms with E-state index in [4.69, 9.17) is 0 Å². The molecule has 126 valence electrons. The van der Waals surface area contributed by atoms with E-state index in [9.17, 15) is 9.90 Å². The second-order valence-corrected chi connectivity index (χ2v) is 6.35. The Kier molecular flexibility index (Phi) is 4.15. The average Bonchev–Trinajstić information content (AvgIpc) is 2.67. The fourth-order valence-corrected chi connectivity index (χ4v) is 3.54. The quantitative estimate of drug-likeness (QED) is 0.783. The molecule has 1 saturated heterocycles. The minimum absolute atomic E-state index is 0.0672. The van der Waals surface area contributed by atoms with Gasteiger partial charge < -0.3 is 10.0 Å². The number of nitrogens with zero attached hydrogens (tertiary/aromatic N) is 3. The maximum absolute atomic E-state index is 12.9. The van der Waals surface area contributed by atoms with Gasteiger partial charge in [-0.2, -0.15) is 0 Å². The summed E-state index contributed by atoms with van der Waals surface area (Å²) < 4.78 is 0. The molecule has 4 rings (SSSR count). The molecule has 1 aromatic heterocycles. The van der Waals surface area contributed by atoms with E-state index >= 15 is 0 Å². The molecule has 0 radical (unpaired) electrons. The van der Waals surface area contributed by atoms with E-state index in [0.29, 0.717) is 29.7 Å². The number of β-amino-alcohol motifs (C(OH)–C–C–N with tert-alkyl or cyclic N) is 1. The van der Waals surface area contributed by atoms with Crippen LogP contribution in [0.4, 0.5) is 0 Å². The van der Waals surface area contributed by atoms with Crippen LogP contribution < -0.4 is 0 Å². The monoisotopic (exact) mass is 333 g/mol. The van der Waals surface area contributed by atoms with Gasteiger partial charge in [-0.15, -0.1) is 0 Å². The van der Waals surface area contributed by atoms with Crippen LogP contribution in [0.1, 0.15) is 28.3 Å². The highest BCUT2D eigenvalue weighted by atomic mass is 16.3. The van der Waals surface area contributed by atoms with Crippen LogP contribution in [0.3, 0.4) is 0 Å². The summed E-state index contributed by atoms with van der Waals surface area (Å²) in [4.78, 5) is 23.2. The van der Waals surface area contributed by atoms with Crippen LogP contribution >= 0.6 is 0 Å². The molecule has 1 aliphatic heterocycles. The Morgan fingerprint density at radius 2 is 1.84 bits per heavy atom. The predicted octanol–water partition coefficient (Wildman–Crippen LogP) is 2.62. The van der Waals surface area contributed by atoms with Crippen molar-refractivity contribution in [2.45, 2.75) is 18.4 Å². The van der Waals surface area contributed by atoms with E-state index in [2.05, 4.69) is 9.97 Å². The van der Waals surface area contributed by atoms with Gasteiger partial charge in [0, 0.05) is 31.4 Å². The number of para-hydroxylation sites is 1. The number of piperidine rings is 1. The highest BCUT2D eigenvalue weighted by Gasteiger charge is 2.32. The first kappa shape index (κ1) is 15.7. The Morgan fingerprint density at radius 3 is 2.64 bits per heavy atom. The van der Waals surface area contributed by atoms with Gasteiger partial charge in [0.15, 0.2) is 0 Å². The van der Waals surface area contributed by atoms with E-state index < -0.39 is 6.10 Å². The molecule has 5 nitrogen and oxygen atoms in total. The number of benzene rings is 2. The van der Waals surface area contributed by atoms with Gasteiger partial charge in [-0.3, -0.25) is 14.8 Å². The molecule has 0 bridgehead atoms. The fourth-order valence-electron chi connectivity index (χ4n) is 3.54. The number of hydrogen-bond donors (Lipinski definition) is 1. The minimum atomic E-state index is -0.568. The number of carbonyl (C=O) groups is 1. The molecule has 0 aliphatic carbocycles. The fraction of sp³-hybridized carbons (Fsp3) is 0.250. The van der Waals surface area contributed by atoms with Gasteiger partial charge >= 0.3 is 0 Å². The Bertz CT molecular complexity index is 892. The minimum Gasteiger partial charge on any atom is -0.391 e. The summed E-state index contributed by atoms with van der Waals surface area (Å²) in [6.07, 6.45) is 3.38. The zero-order valence-electron chi connectivity index (χ0n) is 13.7. The Balaban J connectivity index is 1.56. The lowest BCUT2D eigenvalue weighted by atomic mass is 9.87. The number of aliphatic hydroxyl groups is 1. The van der Waals surface area contributed by atoms with Crippen LogP contribution in [0.2, 0.25) is 0 Å². The Morgan fingerprint density at radius 1 is 1.04 bits per heavy atom. The maximum atomic E-state index is 12.9. The highest BCUT2D eigenvalue weighted by Crippen LogP contribution is 2.29. The van der Waals surface area contributed by atoms with Crippen LogP contribution in [-0.4, -0.2) is 45.1 Å². The third-order valence-corrected chi connectivity index (χ3v) is 4.83. The SMILES string of the molecule is O=C(c1cccc2nccnc12)N1CC[C@@H](c2ccccc2)[C@H](O)C1. The highest BCUT2D eigenvalue weighted by molar-refractivity contribution is 6.04. The van der Waals surface area contributed by atoms with Crippen molar-refractivity contribution in [1.82, 2.24) is 14.9 Å². The van der Waals surface area contributed by atoms with Crippen LogP contribution in [0.25, 0.3) is 11.0 Å². The average molecular weight is 333 g/mol. The standard InChI is InChI=1S/C20H19N3O2/c24-18-13-23(12-9-15(18)14-5-2-1-3-6-14)20(25)16-7-4-8-17-19(16)22-11-10-21-17/h1-8,10-11,15,18,24H,9,12-13H2/t15-,18+/m0/s1. The van der Waals surface area contributed by atoms with Crippen molar-refractivity contribution in [1.29, 1.82) is 0 Å². The second-order valence-electron chi connectivity index (χ2n) is 6.35. The number of aliphatic hydroxyl groups excluding tert-OH is 1. The number of likely N-dealkylation sites (tertiary alicyclic amines) is 1. The van der Waals surface area contributed by atoms with Gasteiger partial charge in [-0.05, 0) is 24.1 Å². The largest absolute Gasteiger partial charge is 0.391 e. The number of aromatic nitrogens is 2. The van der Waals surface area contributed by atoms with Crippen molar-refractivity contribution in [2.75, 3.05) is 13.1 Å². The molecule has 1 amide bonds. The summed E-state index contributed by atoms with van der Waals surface area (Å²) in [6, 6.07) is 15.4. The summed E-state index contributed by atoms with van der Waals surface area (Å²) >= 11 is 0. The first-order chi connectivity index (χ1) is 12.2. The molecule has 25 heavy (non-hydrogen) atoms. The second kappa shape index (κ2) is 6.61.